The Morgan fingerprint density at radius 2 is 1.74 bits per heavy atom. The highest BCUT2D eigenvalue weighted by Gasteiger charge is 2.46. The average Bonchev–Trinajstić information content (AvgIpc) is 3.66. The molecule has 0 bridgehead atoms. The first-order valence-electron chi connectivity index (χ1n) is 13.2. The van der Waals surface area contributed by atoms with E-state index in [1.807, 2.05) is 41.0 Å². The van der Waals surface area contributed by atoms with Gasteiger partial charge in [-0.3, -0.25) is 14.5 Å². The predicted octanol–water partition coefficient (Wildman–Crippen LogP) is 3.37. The third kappa shape index (κ3) is 5.44. The zero-order chi connectivity index (χ0) is 24.4. The van der Waals surface area contributed by atoms with Gasteiger partial charge in [-0.25, -0.2) is 0 Å². The highest BCUT2D eigenvalue weighted by molar-refractivity contribution is 5.98. The zero-order valence-corrected chi connectivity index (χ0v) is 21.1. The molecule has 5 rings (SSSR count). The highest BCUT2D eigenvalue weighted by Crippen LogP contribution is 2.36. The van der Waals surface area contributed by atoms with Gasteiger partial charge >= 0.3 is 0 Å². The van der Waals surface area contributed by atoms with Crippen molar-refractivity contribution in [2.75, 3.05) is 32.7 Å². The summed E-state index contributed by atoms with van der Waals surface area (Å²) in [5, 5.41) is 3.39. The van der Waals surface area contributed by atoms with Gasteiger partial charge in [0, 0.05) is 50.4 Å². The molecule has 0 radical (unpaired) electrons. The fourth-order valence-corrected chi connectivity index (χ4v) is 5.60. The summed E-state index contributed by atoms with van der Waals surface area (Å²) >= 11 is 0. The van der Waals surface area contributed by atoms with Crippen LogP contribution in [0.3, 0.4) is 0 Å². The van der Waals surface area contributed by atoms with Gasteiger partial charge in [0.2, 0.25) is 5.91 Å². The largest absolute Gasteiger partial charge is 0.340 e. The molecule has 2 unspecified atom stereocenters. The highest BCUT2D eigenvalue weighted by atomic mass is 16.2. The van der Waals surface area contributed by atoms with Gasteiger partial charge in [0.1, 0.15) is 6.04 Å². The van der Waals surface area contributed by atoms with Crippen LogP contribution in [-0.4, -0.2) is 77.4 Å². The number of benzene rings is 2. The van der Waals surface area contributed by atoms with Crippen molar-refractivity contribution >= 4 is 11.8 Å². The molecule has 1 saturated carbocycles. The molecular formula is C29H38N4O2. The van der Waals surface area contributed by atoms with Gasteiger partial charge in [-0.1, -0.05) is 42.0 Å². The number of hydrogen-bond acceptors (Lipinski definition) is 4. The number of aryl methyl sites for hydroxylation is 2. The molecule has 0 aromatic heterocycles. The van der Waals surface area contributed by atoms with Gasteiger partial charge in [0.05, 0.1) is 0 Å². The van der Waals surface area contributed by atoms with Gasteiger partial charge in [0.15, 0.2) is 0 Å². The predicted molar refractivity (Wildman–Crippen MR) is 138 cm³/mol. The van der Waals surface area contributed by atoms with Crippen LogP contribution in [0.1, 0.15) is 52.7 Å². The molecule has 186 valence electrons. The van der Waals surface area contributed by atoms with Crippen molar-refractivity contribution in [3.63, 3.8) is 0 Å². The van der Waals surface area contributed by atoms with E-state index in [1.54, 1.807) is 0 Å². The smallest absolute Gasteiger partial charge is 0.254 e. The summed E-state index contributed by atoms with van der Waals surface area (Å²) in [6.45, 7) is 8.91. The van der Waals surface area contributed by atoms with Crippen LogP contribution < -0.4 is 5.32 Å². The fourth-order valence-electron chi connectivity index (χ4n) is 5.60. The van der Waals surface area contributed by atoms with E-state index >= 15 is 0 Å². The van der Waals surface area contributed by atoms with Crippen LogP contribution in [-0.2, 0) is 11.3 Å². The molecule has 3 fully saturated rings. The maximum atomic E-state index is 13.8. The molecule has 35 heavy (non-hydrogen) atoms. The second-order valence-electron chi connectivity index (χ2n) is 10.5. The minimum atomic E-state index is -0.398. The van der Waals surface area contributed by atoms with Gasteiger partial charge in [-0.05, 0) is 69.3 Å². The number of carbonyl (C=O) groups is 2. The molecule has 2 aromatic carbocycles. The lowest BCUT2D eigenvalue weighted by atomic mass is 10.1. The van der Waals surface area contributed by atoms with Crippen molar-refractivity contribution in [3.05, 3.63) is 70.8 Å². The minimum absolute atomic E-state index is 0.0227. The molecule has 1 N–H and O–H groups in total. The van der Waals surface area contributed by atoms with Crippen LogP contribution in [0.4, 0.5) is 0 Å². The quantitative estimate of drug-likeness (QED) is 0.698. The molecule has 2 heterocycles. The van der Waals surface area contributed by atoms with Crippen molar-refractivity contribution in [1.29, 1.82) is 0 Å². The van der Waals surface area contributed by atoms with Gasteiger partial charge in [-0.15, -0.1) is 0 Å². The third-order valence-corrected chi connectivity index (χ3v) is 7.87. The number of carbonyl (C=O) groups excluding carboxylic acids is 2. The lowest BCUT2D eigenvalue weighted by molar-refractivity contribution is -0.135. The van der Waals surface area contributed by atoms with Crippen LogP contribution in [0, 0.1) is 13.8 Å². The Bertz CT molecular complexity index is 1040. The lowest BCUT2D eigenvalue weighted by Crippen LogP contribution is -2.48. The molecule has 1 aliphatic carbocycles. The normalized spacial score (nSPS) is 22.9. The summed E-state index contributed by atoms with van der Waals surface area (Å²) < 4.78 is 0. The van der Waals surface area contributed by atoms with E-state index in [4.69, 9.17) is 0 Å². The number of hydrogen-bond donors (Lipinski definition) is 1. The second kappa shape index (κ2) is 10.5. The summed E-state index contributed by atoms with van der Waals surface area (Å²) in [5.41, 5.74) is 4.43. The molecule has 2 aliphatic heterocycles. The van der Waals surface area contributed by atoms with Gasteiger partial charge in [0.25, 0.3) is 5.91 Å². The van der Waals surface area contributed by atoms with E-state index in [0.717, 1.165) is 38.2 Å². The van der Waals surface area contributed by atoms with Crippen LogP contribution in [0.5, 0.6) is 0 Å². The number of nitrogens with one attached hydrogen (secondary N) is 1. The van der Waals surface area contributed by atoms with E-state index in [1.165, 1.54) is 24.0 Å². The van der Waals surface area contributed by atoms with E-state index in [0.29, 0.717) is 31.1 Å². The van der Waals surface area contributed by atoms with E-state index in [2.05, 4.69) is 41.4 Å². The van der Waals surface area contributed by atoms with Gasteiger partial charge < -0.3 is 15.1 Å². The molecule has 2 amide bonds. The van der Waals surface area contributed by atoms with E-state index in [9.17, 15) is 9.59 Å². The molecule has 6 nitrogen and oxygen atoms in total. The maximum absolute atomic E-state index is 13.8. The average molecular weight is 475 g/mol. The zero-order valence-electron chi connectivity index (χ0n) is 21.1. The molecule has 2 atom stereocenters. The van der Waals surface area contributed by atoms with Crippen LogP contribution >= 0.6 is 0 Å². The summed E-state index contributed by atoms with van der Waals surface area (Å²) in [4.78, 5) is 34.0. The number of likely N-dealkylation sites (tertiary alicyclic amines) is 1. The Morgan fingerprint density at radius 1 is 0.971 bits per heavy atom. The fraction of sp³-hybridized carbons (Fsp3) is 0.517. The Kier molecular flexibility index (Phi) is 7.21. The maximum Gasteiger partial charge on any atom is 0.254 e. The second-order valence-corrected chi connectivity index (χ2v) is 10.5. The van der Waals surface area contributed by atoms with Crippen LogP contribution in [0.25, 0.3) is 0 Å². The Labute approximate surface area is 209 Å². The summed E-state index contributed by atoms with van der Waals surface area (Å²) in [7, 11) is 0. The Balaban J connectivity index is 1.41. The van der Waals surface area contributed by atoms with Crippen molar-refractivity contribution < 1.29 is 9.59 Å². The SMILES string of the molecule is Cc1ccc(C(=O)N2CC(N(Cc3ccccc3C)C3CC3)CC2C(=O)N2CCCNCC2)cc1. The first kappa shape index (κ1) is 24.0. The summed E-state index contributed by atoms with van der Waals surface area (Å²) in [6.07, 6.45) is 4.06. The minimum Gasteiger partial charge on any atom is -0.340 e. The molecular weight excluding hydrogens is 436 g/mol. The Morgan fingerprint density at radius 3 is 2.49 bits per heavy atom. The van der Waals surface area contributed by atoms with Crippen LogP contribution in [0.2, 0.25) is 0 Å². The van der Waals surface area contributed by atoms with Crippen molar-refractivity contribution in [2.45, 2.75) is 64.2 Å². The molecule has 6 heteroatoms. The van der Waals surface area contributed by atoms with E-state index in [-0.39, 0.29) is 17.9 Å². The number of amides is 2. The van der Waals surface area contributed by atoms with Crippen molar-refractivity contribution in [2.24, 2.45) is 0 Å². The topological polar surface area (TPSA) is 55.9 Å². The number of nitrogens with zero attached hydrogens (tertiary/aromatic N) is 3. The molecule has 0 spiro atoms. The third-order valence-electron chi connectivity index (χ3n) is 7.87. The molecule has 2 saturated heterocycles. The van der Waals surface area contributed by atoms with Gasteiger partial charge in [-0.2, -0.15) is 0 Å². The molecule has 3 aliphatic rings. The molecule has 2 aromatic rings. The number of rotatable bonds is 6. The monoisotopic (exact) mass is 474 g/mol. The summed E-state index contributed by atoms with van der Waals surface area (Å²) in [5.74, 6) is 0.0914. The van der Waals surface area contributed by atoms with E-state index < -0.39 is 6.04 Å². The lowest BCUT2D eigenvalue weighted by Gasteiger charge is -2.29. The van der Waals surface area contributed by atoms with Crippen molar-refractivity contribution in [3.8, 4) is 0 Å². The standard InChI is InChI=1S/C29H38N4O2/c1-21-8-10-23(11-9-21)28(34)33-20-26(18-27(33)29(35)31-16-5-14-30-15-17-31)32(25-12-13-25)19-24-7-4-3-6-22(24)2/h3-4,6-11,25-27,30H,5,12-20H2,1-2H3. The van der Waals surface area contributed by atoms with Crippen molar-refractivity contribution in [1.82, 2.24) is 20.0 Å². The summed E-state index contributed by atoms with van der Waals surface area (Å²) in [6, 6.07) is 16.7. The first-order chi connectivity index (χ1) is 17.0. The Hall–Kier alpha value is -2.70. The first-order valence-corrected chi connectivity index (χ1v) is 13.2. The van der Waals surface area contributed by atoms with Crippen LogP contribution in [0.15, 0.2) is 48.5 Å².